The molecule has 0 saturated heterocycles. The van der Waals surface area contributed by atoms with Gasteiger partial charge in [-0.2, -0.15) is 0 Å². The van der Waals surface area contributed by atoms with E-state index in [9.17, 15) is 0 Å². The quantitative estimate of drug-likeness (QED) is 0.840. The van der Waals surface area contributed by atoms with E-state index in [1.807, 2.05) is 36.4 Å². The number of nitrogens with two attached hydrogens (primary N) is 1. The van der Waals surface area contributed by atoms with Gasteiger partial charge >= 0.3 is 0 Å². The monoisotopic (exact) mass is 367 g/mol. The fourth-order valence-corrected chi connectivity index (χ4v) is 3.50. The first-order chi connectivity index (χ1) is 10.1. The van der Waals surface area contributed by atoms with Crippen molar-refractivity contribution in [3.05, 3.63) is 57.0 Å². The van der Waals surface area contributed by atoms with Crippen molar-refractivity contribution in [1.82, 2.24) is 0 Å². The highest BCUT2D eigenvalue weighted by Gasteiger charge is 2.28. The second-order valence-corrected chi connectivity index (χ2v) is 6.31. The van der Waals surface area contributed by atoms with Crippen molar-refractivity contribution in [2.75, 3.05) is 7.11 Å². The molecule has 0 aliphatic carbocycles. The van der Waals surface area contributed by atoms with Crippen LogP contribution in [0, 0.1) is 0 Å². The van der Waals surface area contributed by atoms with Gasteiger partial charge in [0.25, 0.3) is 0 Å². The molecule has 2 N–H and O–H groups in total. The minimum atomic E-state index is -0.105. The summed E-state index contributed by atoms with van der Waals surface area (Å²) in [5.41, 5.74) is 8.34. The number of ether oxygens (including phenoxy) is 2. The van der Waals surface area contributed by atoms with Crippen LogP contribution in [-0.2, 0) is 0 Å². The Kier molecular flexibility index (Phi) is 4.11. The molecule has 0 bridgehead atoms. The number of rotatable bonds is 2. The molecule has 0 amide bonds. The molecular formula is C16H15BrClNO2. The lowest BCUT2D eigenvalue weighted by molar-refractivity contribution is 0.160. The van der Waals surface area contributed by atoms with Crippen LogP contribution in [0.25, 0.3) is 0 Å². The van der Waals surface area contributed by atoms with Gasteiger partial charge in [-0.3, -0.25) is 0 Å². The Hall–Kier alpha value is -1.23. The van der Waals surface area contributed by atoms with Crippen molar-refractivity contribution < 1.29 is 9.47 Å². The van der Waals surface area contributed by atoms with E-state index >= 15 is 0 Å². The first kappa shape index (κ1) is 14.7. The third-order valence-corrected chi connectivity index (χ3v) is 4.59. The predicted octanol–water partition coefficient (Wildman–Crippen LogP) is 4.63. The average Bonchev–Trinajstić information content (AvgIpc) is 2.46. The summed E-state index contributed by atoms with van der Waals surface area (Å²) in [6.45, 7) is 0. The van der Waals surface area contributed by atoms with Crippen LogP contribution in [-0.4, -0.2) is 7.11 Å². The zero-order valence-electron chi connectivity index (χ0n) is 11.5. The van der Waals surface area contributed by atoms with E-state index in [0.29, 0.717) is 5.02 Å². The Balaban J connectivity index is 1.96. The number of benzene rings is 2. The molecule has 0 spiro atoms. The standard InChI is InChI=1S/C16H15BrClNO2/c1-20-10-3-5-12-14(19)8-16(21-15(12)7-10)11-4-2-9(18)6-13(11)17/h2-7,14,16H,8,19H2,1H3/t14-,16?/m1/s1. The average molecular weight is 369 g/mol. The molecule has 1 unspecified atom stereocenters. The summed E-state index contributed by atoms with van der Waals surface area (Å²) < 4.78 is 12.3. The van der Waals surface area contributed by atoms with Crippen LogP contribution in [0.4, 0.5) is 0 Å². The largest absolute Gasteiger partial charge is 0.497 e. The van der Waals surface area contributed by atoms with E-state index in [4.69, 9.17) is 26.8 Å². The highest BCUT2D eigenvalue weighted by Crippen LogP contribution is 2.43. The second-order valence-electron chi connectivity index (χ2n) is 5.02. The van der Waals surface area contributed by atoms with Gasteiger partial charge < -0.3 is 15.2 Å². The van der Waals surface area contributed by atoms with E-state index < -0.39 is 0 Å². The molecule has 2 atom stereocenters. The molecule has 21 heavy (non-hydrogen) atoms. The fourth-order valence-electron chi connectivity index (χ4n) is 2.56. The maximum absolute atomic E-state index is 6.28. The van der Waals surface area contributed by atoms with Crippen molar-refractivity contribution >= 4 is 27.5 Å². The fraction of sp³-hybridized carbons (Fsp3) is 0.250. The summed E-state index contributed by atoms with van der Waals surface area (Å²) in [6, 6.07) is 11.4. The molecular weight excluding hydrogens is 354 g/mol. The van der Waals surface area contributed by atoms with Gasteiger partial charge in [0.2, 0.25) is 0 Å². The Morgan fingerprint density at radius 3 is 2.71 bits per heavy atom. The molecule has 110 valence electrons. The van der Waals surface area contributed by atoms with Gasteiger partial charge in [-0.15, -0.1) is 0 Å². The van der Waals surface area contributed by atoms with Crippen LogP contribution < -0.4 is 15.2 Å². The van der Waals surface area contributed by atoms with Gasteiger partial charge in [-0.25, -0.2) is 0 Å². The first-order valence-electron chi connectivity index (χ1n) is 6.63. The van der Waals surface area contributed by atoms with Crippen LogP contribution in [0.1, 0.15) is 29.7 Å². The van der Waals surface area contributed by atoms with Gasteiger partial charge in [0.15, 0.2) is 0 Å². The summed E-state index contributed by atoms with van der Waals surface area (Å²) >= 11 is 9.53. The lowest BCUT2D eigenvalue weighted by Gasteiger charge is -2.31. The number of hydrogen-bond donors (Lipinski definition) is 1. The third-order valence-electron chi connectivity index (χ3n) is 3.67. The highest BCUT2D eigenvalue weighted by molar-refractivity contribution is 9.10. The minimum absolute atomic E-state index is 0.0627. The van der Waals surface area contributed by atoms with Crippen LogP contribution >= 0.6 is 27.5 Å². The molecule has 5 heteroatoms. The molecule has 3 rings (SSSR count). The van der Waals surface area contributed by atoms with Crippen LogP contribution in [0.3, 0.4) is 0 Å². The molecule has 0 fully saturated rings. The lowest BCUT2D eigenvalue weighted by Crippen LogP contribution is -2.24. The van der Waals surface area contributed by atoms with Gasteiger partial charge in [-0.05, 0) is 18.2 Å². The Morgan fingerprint density at radius 2 is 2.00 bits per heavy atom. The van der Waals surface area contributed by atoms with E-state index in [-0.39, 0.29) is 12.1 Å². The Morgan fingerprint density at radius 1 is 1.24 bits per heavy atom. The molecule has 1 heterocycles. The zero-order chi connectivity index (χ0) is 15.0. The molecule has 2 aromatic rings. The van der Waals surface area contributed by atoms with Crippen LogP contribution in [0.5, 0.6) is 11.5 Å². The molecule has 0 aromatic heterocycles. The summed E-state index contributed by atoms with van der Waals surface area (Å²) in [4.78, 5) is 0. The lowest BCUT2D eigenvalue weighted by atomic mass is 9.93. The summed E-state index contributed by atoms with van der Waals surface area (Å²) in [5.74, 6) is 1.54. The third kappa shape index (κ3) is 2.89. The molecule has 0 radical (unpaired) electrons. The summed E-state index contributed by atoms with van der Waals surface area (Å²) in [5, 5.41) is 0.688. The molecule has 0 saturated carbocycles. The van der Waals surface area contributed by atoms with Crippen molar-refractivity contribution in [2.24, 2.45) is 5.73 Å². The van der Waals surface area contributed by atoms with Crippen molar-refractivity contribution in [2.45, 2.75) is 18.6 Å². The number of halogens is 2. The van der Waals surface area contributed by atoms with Crippen molar-refractivity contribution in [3.63, 3.8) is 0 Å². The minimum Gasteiger partial charge on any atom is -0.497 e. The van der Waals surface area contributed by atoms with Crippen LogP contribution in [0.15, 0.2) is 40.9 Å². The maximum Gasteiger partial charge on any atom is 0.128 e. The Labute approximate surface area is 137 Å². The smallest absolute Gasteiger partial charge is 0.128 e. The molecule has 3 nitrogen and oxygen atoms in total. The highest BCUT2D eigenvalue weighted by atomic mass is 79.9. The van der Waals surface area contributed by atoms with E-state index in [2.05, 4.69) is 15.9 Å². The number of hydrogen-bond acceptors (Lipinski definition) is 3. The first-order valence-corrected chi connectivity index (χ1v) is 7.80. The normalized spacial score (nSPS) is 20.6. The molecule has 2 aromatic carbocycles. The zero-order valence-corrected chi connectivity index (χ0v) is 13.8. The molecule has 1 aliphatic rings. The van der Waals surface area contributed by atoms with Gasteiger partial charge in [0.05, 0.1) is 7.11 Å². The van der Waals surface area contributed by atoms with E-state index in [1.165, 1.54) is 0 Å². The van der Waals surface area contributed by atoms with Gasteiger partial charge in [0, 0.05) is 39.2 Å². The summed E-state index contributed by atoms with van der Waals surface area (Å²) in [7, 11) is 1.64. The Bertz CT molecular complexity index is 677. The number of fused-ring (bicyclic) bond motifs is 1. The van der Waals surface area contributed by atoms with Gasteiger partial charge in [-0.1, -0.05) is 39.7 Å². The molecule has 1 aliphatic heterocycles. The van der Waals surface area contributed by atoms with Gasteiger partial charge in [0.1, 0.15) is 17.6 Å². The van der Waals surface area contributed by atoms with Crippen molar-refractivity contribution in [3.8, 4) is 11.5 Å². The summed E-state index contributed by atoms with van der Waals surface area (Å²) in [6.07, 6.45) is 0.616. The maximum atomic E-state index is 6.28. The van der Waals surface area contributed by atoms with E-state index in [1.54, 1.807) is 7.11 Å². The second kappa shape index (κ2) is 5.87. The predicted molar refractivity (Wildman–Crippen MR) is 87.1 cm³/mol. The van der Waals surface area contributed by atoms with Crippen molar-refractivity contribution in [1.29, 1.82) is 0 Å². The topological polar surface area (TPSA) is 44.5 Å². The number of methoxy groups -OCH3 is 1. The van der Waals surface area contributed by atoms with E-state index in [0.717, 1.165) is 33.5 Å². The van der Waals surface area contributed by atoms with Crippen LogP contribution in [0.2, 0.25) is 5.02 Å². The SMILES string of the molecule is COc1ccc2c(c1)OC(c1ccc(Cl)cc1Br)C[C@H]2N.